The van der Waals surface area contributed by atoms with Gasteiger partial charge in [0.2, 0.25) is 0 Å². The van der Waals surface area contributed by atoms with Crippen molar-refractivity contribution >= 4 is 11.8 Å². The number of likely N-dealkylation sites (N-methyl/N-ethyl adjacent to an activating group) is 1. The van der Waals surface area contributed by atoms with Crippen LogP contribution in [-0.2, 0) is 4.74 Å². The third kappa shape index (κ3) is 6.95. The maximum Gasteiger partial charge on any atom is 0.0627 e. The van der Waals surface area contributed by atoms with Gasteiger partial charge < -0.3 is 10.1 Å². The summed E-state index contributed by atoms with van der Waals surface area (Å²) >= 11 is 1.87. The normalized spacial score (nSPS) is 13.2. The van der Waals surface area contributed by atoms with Gasteiger partial charge in [-0.3, -0.25) is 0 Å². The van der Waals surface area contributed by atoms with Gasteiger partial charge >= 0.3 is 0 Å². The predicted molar refractivity (Wildman–Crippen MR) is 57.0 cm³/mol. The van der Waals surface area contributed by atoms with Crippen LogP contribution in [0.3, 0.4) is 0 Å². The van der Waals surface area contributed by atoms with Gasteiger partial charge in [-0.15, -0.1) is 0 Å². The fraction of sp³-hybridized carbons (Fsp3) is 1.00. The van der Waals surface area contributed by atoms with Crippen molar-refractivity contribution in [2.24, 2.45) is 0 Å². The summed E-state index contributed by atoms with van der Waals surface area (Å²) in [5.74, 6) is 1.14. The first kappa shape index (κ1) is 12.3. The quantitative estimate of drug-likeness (QED) is 0.591. The Kier molecular flexibility index (Phi) is 9.57. The lowest BCUT2D eigenvalue weighted by atomic mass is 10.3. The minimum atomic E-state index is 0.525. The largest absolute Gasteiger partial charge is 0.380 e. The zero-order valence-corrected chi connectivity index (χ0v) is 9.25. The minimum Gasteiger partial charge on any atom is -0.380 e. The number of hydrogen-bond donors (Lipinski definition) is 1. The Morgan fingerprint density at radius 1 is 1.42 bits per heavy atom. The Bertz CT molecular complexity index is 84.6. The van der Waals surface area contributed by atoms with Crippen molar-refractivity contribution in [1.29, 1.82) is 0 Å². The summed E-state index contributed by atoms with van der Waals surface area (Å²) in [6, 6.07) is 0.525. The summed E-state index contributed by atoms with van der Waals surface area (Å²) in [6.45, 7) is 7.03. The summed E-state index contributed by atoms with van der Waals surface area (Å²) in [5.41, 5.74) is 0. The maximum atomic E-state index is 5.47. The number of nitrogens with one attached hydrogen (secondary N) is 1. The van der Waals surface area contributed by atoms with Crippen molar-refractivity contribution in [1.82, 2.24) is 5.32 Å². The molecule has 1 atom stereocenters. The van der Waals surface area contributed by atoms with Gasteiger partial charge in [-0.25, -0.2) is 0 Å². The molecule has 0 saturated carbocycles. The van der Waals surface area contributed by atoms with E-state index in [0.29, 0.717) is 6.04 Å². The molecule has 0 aromatic heterocycles. The van der Waals surface area contributed by atoms with Crippen molar-refractivity contribution in [2.75, 3.05) is 31.8 Å². The van der Waals surface area contributed by atoms with E-state index in [1.54, 1.807) is 0 Å². The molecule has 12 heavy (non-hydrogen) atoms. The van der Waals surface area contributed by atoms with Gasteiger partial charge in [0, 0.05) is 18.4 Å². The molecule has 0 aliphatic carbocycles. The van der Waals surface area contributed by atoms with E-state index in [1.165, 1.54) is 0 Å². The lowest BCUT2D eigenvalue weighted by molar-refractivity contribution is 0.118. The highest BCUT2D eigenvalue weighted by atomic mass is 32.2. The average molecular weight is 191 g/mol. The topological polar surface area (TPSA) is 21.3 Å². The van der Waals surface area contributed by atoms with E-state index >= 15 is 0 Å². The van der Waals surface area contributed by atoms with Gasteiger partial charge in [0.1, 0.15) is 0 Å². The van der Waals surface area contributed by atoms with Crippen molar-refractivity contribution in [3.05, 3.63) is 0 Å². The van der Waals surface area contributed by atoms with Gasteiger partial charge in [0.05, 0.1) is 6.61 Å². The van der Waals surface area contributed by atoms with E-state index in [1.807, 2.05) is 11.8 Å². The van der Waals surface area contributed by atoms with E-state index < -0.39 is 0 Å². The van der Waals surface area contributed by atoms with E-state index in [-0.39, 0.29) is 0 Å². The molecule has 0 aliphatic rings. The standard InChI is InChI=1S/C9H21NOS/c1-4-6-11-7-9(8-12-3)10-5-2/h9-10H,4-8H2,1-3H3. The Labute approximate surface area is 80.4 Å². The molecule has 0 fully saturated rings. The number of thioether (sulfide) groups is 1. The molecule has 1 unspecified atom stereocenters. The van der Waals surface area contributed by atoms with E-state index in [2.05, 4.69) is 25.4 Å². The van der Waals surface area contributed by atoms with Crippen LogP contribution >= 0.6 is 11.8 Å². The molecule has 0 spiro atoms. The Hall–Kier alpha value is 0.270. The predicted octanol–water partition coefficient (Wildman–Crippen LogP) is 1.75. The molecule has 0 heterocycles. The van der Waals surface area contributed by atoms with E-state index in [0.717, 1.165) is 31.9 Å². The fourth-order valence-electron chi connectivity index (χ4n) is 1.03. The molecular weight excluding hydrogens is 170 g/mol. The van der Waals surface area contributed by atoms with Crippen LogP contribution < -0.4 is 5.32 Å². The minimum absolute atomic E-state index is 0.525. The summed E-state index contributed by atoms with van der Waals surface area (Å²) in [5, 5.41) is 3.40. The average Bonchev–Trinajstić information content (AvgIpc) is 2.06. The molecule has 3 heteroatoms. The van der Waals surface area contributed by atoms with Crippen molar-refractivity contribution in [3.63, 3.8) is 0 Å². The monoisotopic (exact) mass is 191 g/mol. The first-order chi connectivity index (χ1) is 5.85. The Balaban J connectivity index is 3.34. The van der Waals surface area contributed by atoms with Gasteiger partial charge in [-0.05, 0) is 19.2 Å². The summed E-state index contributed by atoms with van der Waals surface area (Å²) in [7, 11) is 0. The SMILES string of the molecule is CCCOCC(CSC)NCC. The highest BCUT2D eigenvalue weighted by Crippen LogP contribution is 1.98. The van der Waals surface area contributed by atoms with E-state index in [9.17, 15) is 0 Å². The van der Waals surface area contributed by atoms with Crippen LogP contribution in [0.2, 0.25) is 0 Å². The molecule has 2 nitrogen and oxygen atoms in total. The number of hydrogen-bond acceptors (Lipinski definition) is 3. The van der Waals surface area contributed by atoms with Crippen LogP contribution in [0.4, 0.5) is 0 Å². The van der Waals surface area contributed by atoms with Crippen LogP contribution in [-0.4, -0.2) is 37.8 Å². The van der Waals surface area contributed by atoms with Gasteiger partial charge in [-0.2, -0.15) is 11.8 Å². The molecule has 0 aromatic carbocycles. The third-order valence-corrected chi connectivity index (χ3v) is 2.26. The molecule has 1 N–H and O–H groups in total. The molecule has 0 aromatic rings. The third-order valence-electron chi connectivity index (χ3n) is 1.53. The number of ether oxygens (including phenoxy) is 1. The first-order valence-electron chi connectivity index (χ1n) is 4.65. The summed E-state index contributed by atoms with van der Waals surface area (Å²) in [6.07, 6.45) is 3.24. The van der Waals surface area contributed by atoms with E-state index in [4.69, 9.17) is 4.74 Å². The molecule has 0 rings (SSSR count). The van der Waals surface area contributed by atoms with Crippen molar-refractivity contribution in [3.8, 4) is 0 Å². The van der Waals surface area contributed by atoms with Gasteiger partial charge in [0.25, 0.3) is 0 Å². The highest BCUT2D eigenvalue weighted by Gasteiger charge is 2.04. The second kappa shape index (κ2) is 9.36. The lowest BCUT2D eigenvalue weighted by Crippen LogP contribution is -2.35. The van der Waals surface area contributed by atoms with Gasteiger partial charge in [-0.1, -0.05) is 13.8 Å². The van der Waals surface area contributed by atoms with Crippen LogP contribution in [0, 0.1) is 0 Å². The molecule has 0 aliphatic heterocycles. The summed E-state index contributed by atoms with van der Waals surface area (Å²) < 4.78 is 5.47. The zero-order chi connectivity index (χ0) is 9.23. The smallest absolute Gasteiger partial charge is 0.0627 e. The molecule has 74 valence electrons. The summed E-state index contributed by atoms with van der Waals surface area (Å²) in [4.78, 5) is 0. The van der Waals surface area contributed by atoms with Crippen LogP contribution in [0.5, 0.6) is 0 Å². The maximum absolute atomic E-state index is 5.47. The van der Waals surface area contributed by atoms with Crippen molar-refractivity contribution in [2.45, 2.75) is 26.3 Å². The Morgan fingerprint density at radius 2 is 2.17 bits per heavy atom. The second-order valence-electron chi connectivity index (χ2n) is 2.78. The van der Waals surface area contributed by atoms with Gasteiger partial charge in [0.15, 0.2) is 0 Å². The molecule has 0 radical (unpaired) electrons. The van der Waals surface area contributed by atoms with Crippen LogP contribution in [0.1, 0.15) is 20.3 Å². The highest BCUT2D eigenvalue weighted by molar-refractivity contribution is 7.98. The van der Waals surface area contributed by atoms with Crippen LogP contribution in [0.25, 0.3) is 0 Å². The van der Waals surface area contributed by atoms with Crippen molar-refractivity contribution < 1.29 is 4.74 Å². The van der Waals surface area contributed by atoms with Crippen LogP contribution in [0.15, 0.2) is 0 Å². The second-order valence-corrected chi connectivity index (χ2v) is 3.70. The number of rotatable bonds is 8. The zero-order valence-electron chi connectivity index (χ0n) is 8.43. The molecule has 0 amide bonds. The Morgan fingerprint density at radius 3 is 2.67 bits per heavy atom. The molecule has 0 bridgehead atoms. The molecular formula is C9H21NOS. The lowest BCUT2D eigenvalue weighted by Gasteiger charge is -2.16. The first-order valence-corrected chi connectivity index (χ1v) is 6.04. The fourth-order valence-corrected chi connectivity index (χ4v) is 1.64. The molecule has 0 saturated heterocycles.